The lowest BCUT2D eigenvalue weighted by atomic mass is 9.93. The Bertz CT molecular complexity index is 952. The zero-order valence-electron chi connectivity index (χ0n) is 18.2. The molecule has 8 nitrogen and oxygen atoms in total. The van der Waals surface area contributed by atoms with Crippen molar-refractivity contribution >= 4 is 34.8 Å². The van der Waals surface area contributed by atoms with E-state index < -0.39 is 5.60 Å². The first-order valence-corrected chi connectivity index (χ1v) is 12.1. The number of hydrogen-bond donors (Lipinski definition) is 0. The highest BCUT2D eigenvalue weighted by Gasteiger charge is 2.45. The molecule has 2 bridgehead atoms. The number of piperazine rings is 1. The number of amides is 1. The quantitative estimate of drug-likeness (QED) is 0.540. The van der Waals surface area contributed by atoms with Crippen LogP contribution < -0.4 is 4.90 Å². The van der Waals surface area contributed by atoms with Gasteiger partial charge in [0.2, 0.25) is 0 Å². The molecular weight excluding hydrogens is 400 g/mol. The number of fused-ring (bicyclic) bond motifs is 3. The summed E-state index contributed by atoms with van der Waals surface area (Å²) in [7, 11) is 0. The topological polar surface area (TPSA) is 76.4 Å². The number of thioether (sulfide) groups is 1. The summed E-state index contributed by atoms with van der Waals surface area (Å²) in [6.07, 6.45) is 9.40. The van der Waals surface area contributed by atoms with Crippen molar-refractivity contribution < 1.29 is 9.53 Å². The standard InChI is InChI=1S/C21H30N6O2S/c1-21(2,3)29-20(28)27-14-8-9-15(27)11-25(10-14)18-16-17(23-19(24-18)30-4)22-12-26(16)13-6-5-7-13/h12-15H,5-11H2,1-4H3. The van der Waals surface area contributed by atoms with Crippen molar-refractivity contribution in [3.63, 3.8) is 0 Å². The number of aromatic nitrogens is 4. The smallest absolute Gasteiger partial charge is 0.410 e. The minimum atomic E-state index is -0.477. The molecule has 4 heterocycles. The zero-order valence-corrected chi connectivity index (χ0v) is 19.0. The highest BCUT2D eigenvalue weighted by molar-refractivity contribution is 7.98. The SMILES string of the molecule is CSc1nc(N2CC3CCC(C2)N3C(=O)OC(C)(C)C)c2c(ncn2C2CCC2)n1. The van der Waals surface area contributed by atoms with E-state index in [9.17, 15) is 4.79 Å². The maximum atomic E-state index is 12.8. The summed E-state index contributed by atoms with van der Waals surface area (Å²) in [6.45, 7) is 7.31. The fraction of sp³-hybridized carbons (Fsp3) is 0.714. The van der Waals surface area contributed by atoms with Crippen LogP contribution in [-0.4, -0.2) is 67.5 Å². The van der Waals surface area contributed by atoms with Gasteiger partial charge >= 0.3 is 6.09 Å². The Kier molecular flexibility index (Phi) is 4.83. The van der Waals surface area contributed by atoms with Crippen molar-refractivity contribution in [3.8, 4) is 0 Å². The van der Waals surface area contributed by atoms with Crippen LogP contribution in [0.4, 0.5) is 10.6 Å². The van der Waals surface area contributed by atoms with E-state index in [4.69, 9.17) is 9.72 Å². The third kappa shape index (κ3) is 3.40. The second-order valence-corrected chi connectivity index (χ2v) is 10.4. The second kappa shape index (κ2) is 7.28. The minimum Gasteiger partial charge on any atom is -0.444 e. The molecule has 1 aliphatic carbocycles. The molecule has 2 aromatic heterocycles. The van der Waals surface area contributed by atoms with Gasteiger partial charge < -0.3 is 14.2 Å². The van der Waals surface area contributed by atoms with E-state index in [1.165, 1.54) is 19.3 Å². The van der Waals surface area contributed by atoms with Crippen LogP contribution in [0.15, 0.2) is 11.5 Å². The van der Waals surface area contributed by atoms with Gasteiger partial charge in [0.15, 0.2) is 16.6 Å². The van der Waals surface area contributed by atoms with Crippen molar-refractivity contribution in [2.75, 3.05) is 24.2 Å². The first-order valence-electron chi connectivity index (χ1n) is 10.9. The molecule has 9 heteroatoms. The Morgan fingerprint density at radius 2 is 1.80 bits per heavy atom. The third-order valence-corrected chi connectivity index (χ3v) is 6.97. The van der Waals surface area contributed by atoms with Gasteiger partial charge in [-0.2, -0.15) is 0 Å². The van der Waals surface area contributed by atoms with Gasteiger partial charge in [-0.05, 0) is 59.1 Å². The Hall–Kier alpha value is -2.03. The van der Waals surface area contributed by atoms with E-state index >= 15 is 0 Å². The number of anilines is 1. The Balaban J connectivity index is 1.47. The third-order valence-electron chi connectivity index (χ3n) is 6.43. The molecule has 30 heavy (non-hydrogen) atoms. The predicted octanol–water partition coefficient (Wildman–Crippen LogP) is 3.86. The van der Waals surface area contributed by atoms with Crippen LogP contribution in [0.5, 0.6) is 0 Å². The average Bonchev–Trinajstić information content (AvgIpc) is 3.16. The monoisotopic (exact) mass is 430 g/mol. The van der Waals surface area contributed by atoms with E-state index in [-0.39, 0.29) is 18.2 Å². The van der Waals surface area contributed by atoms with Crippen molar-refractivity contribution in [2.24, 2.45) is 0 Å². The Labute approximate surface area is 181 Å². The predicted molar refractivity (Wildman–Crippen MR) is 117 cm³/mol. The van der Waals surface area contributed by atoms with Gasteiger partial charge in [-0.1, -0.05) is 11.8 Å². The summed E-state index contributed by atoms with van der Waals surface area (Å²) in [5.41, 5.74) is 1.34. The number of imidazole rings is 1. The number of nitrogens with zero attached hydrogens (tertiary/aromatic N) is 6. The van der Waals surface area contributed by atoms with Crippen molar-refractivity contribution in [1.82, 2.24) is 24.4 Å². The van der Waals surface area contributed by atoms with Gasteiger partial charge in [0.05, 0.1) is 18.4 Å². The number of rotatable bonds is 3. The number of carbonyl (C=O) groups is 1. The molecule has 1 amide bonds. The average molecular weight is 431 g/mol. The number of carbonyl (C=O) groups excluding carboxylic acids is 1. The molecule has 2 aromatic rings. The molecule has 2 saturated heterocycles. The molecule has 5 rings (SSSR count). The molecule has 0 radical (unpaired) electrons. The van der Waals surface area contributed by atoms with Crippen molar-refractivity contribution in [2.45, 2.75) is 81.8 Å². The lowest BCUT2D eigenvalue weighted by Crippen LogP contribution is -2.57. The fourth-order valence-corrected chi connectivity index (χ4v) is 5.21. The van der Waals surface area contributed by atoms with E-state index in [2.05, 4.69) is 19.4 Å². The molecule has 162 valence electrons. The van der Waals surface area contributed by atoms with E-state index in [0.717, 1.165) is 48.1 Å². The first-order chi connectivity index (χ1) is 14.3. The largest absolute Gasteiger partial charge is 0.444 e. The summed E-state index contributed by atoms with van der Waals surface area (Å²) < 4.78 is 7.97. The normalized spacial score (nSPS) is 24.4. The minimum absolute atomic E-state index is 0.154. The van der Waals surface area contributed by atoms with Crippen LogP contribution >= 0.6 is 11.8 Å². The Morgan fingerprint density at radius 3 is 2.37 bits per heavy atom. The van der Waals surface area contributed by atoms with Crippen LogP contribution in [0, 0.1) is 0 Å². The maximum absolute atomic E-state index is 12.8. The summed E-state index contributed by atoms with van der Waals surface area (Å²) >= 11 is 1.55. The first kappa shape index (κ1) is 19.9. The van der Waals surface area contributed by atoms with E-state index in [1.807, 2.05) is 38.3 Å². The van der Waals surface area contributed by atoms with Crippen LogP contribution in [0.3, 0.4) is 0 Å². The molecule has 3 fully saturated rings. The van der Waals surface area contributed by atoms with Gasteiger partial charge in [-0.3, -0.25) is 4.90 Å². The molecular formula is C21H30N6O2S. The molecule has 2 unspecified atom stereocenters. The molecule has 2 aliphatic heterocycles. The van der Waals surface area contributed by atoms with Crippen LogP contribution in [-0.2, 0) is 4.74 Å². The van der Waals surface area contributed by atoms with Gasteiger partial charge in [0.25, 0.3) is 0 Å². The van der Waals surface area contributed by atoms with Gasteiger partial charge in [0.1, 0.15) is 11.1 Å². The zero-order chi connectivity index (χ0) is 21.0. The molecule has 0 spiro atoms. The van der Waals surface area contributed by atoms with Crippen molar-refractivity contribution in [3.05, 3.63) is 6.33 Å². The van der Waals surface area contributed by atoms with E-state index in [1.54, 1.807) is 11.8 Å². The van der Waals surface area contributed by atoms with Crippen LogP contribution in [0.2, 0.25) is 0 Å². The molecule has 3 aliphatic rings. The Morgan fingerprint density at radius 1 is 1.10 bits per heavy atom. The summed E-state index contributed by atoms with van der Waals surface area (Å²) in [6, 6.07) is 0.806. The van der Waals surface area contributed by atoms with Crippen LogP contribution in [0.1, 0.15) is 58.9 Å². The summed E-state index contributed by atoms with van der Waals surface area (Å²) in [5.74, 6) is 0.967. The number of hydrogen-bond acceptors (Lipinski definition) is 7. The molecule has 0 aromatic carbocycles. The highest BCUT2D eigenvalue weighted by atomic mass is 32.2. The van der Waals surface area contributed by atoms with Gasteiger partial charge in [0, 0.05) is 19.1 Å². The molecule has 0 N–H and O–H groups in total. The van der Waals surface area contributed by atoms with Gasteiger partial charge in [-0.25, -0.2) is 19.7 Å². The number of ether oxygens (including phenoxy) is 1. The molecule has 2 atom stereocenters. The second-order valence-electron chi connectivity index (χ2n) is 9.62. The highest BCUT2D eigenvalue weighted by Crippen LogP contribution is 2.39. The van der Waals surface area contributed by atoms with Crippen molar-refractivity contribution in [1.29, 1.82) is 0 Å². The van der Waals surface area contributed by atoms with Crippen LogP contribution in [0.25, 0.3) is 11.2 Å². The molecule has 1 saturated carbocycles. The lowest BCUT2D eigenvalue weighted by Gasteiger charge is -2.42. The fourth-order valence-electron chi connectivity index (χ4n) is 4.85. The lowest BCUT2D eigenvalue weighted by molar-refractivity contribution is 0.0123. The summed E-state index contributed by atoms with van der Waals surface area (Å²) in [5, 5.41) is 0.748. The summed E-state index contributed by atoms with van der Waals surface area (Å²) in [4.78, 5) is 31.3. The van der Waals surface area contributed by atoms with Gasteiger partial charge in [-0.15, -0.1) is 0 Å². The maximum Gasteiger partial charge on any atom is 0.410 e. The van der Waals surface area contributed by atoms with E-state index in [0.29, 0.717) is 6.04 Å².